The van der Waals surface area contributed by atoms with Crippen molar-refractivity contribution in [1.29, 1.82) is 0 Å². The van der Waals surface area contributed by atoms with Crippen molar-refractivity contribution in [3.63, 3.8) is 0 Å². The van der Waals surface area contributed by atoms with Gasteiger partial charge in [0.05, 0.1) is 26.9 Å². The van der Waals surface area contributed by atoms with Crippen LogP contribution in [-0.4, -0.2) is 34.4 Å². The summed E-state index contributed by atoms with van der Waals surface area (Å²) in [7, 11) is 1.49. The summed E-state index contributed by atoms with van der Waals surface area (Å²) in [5.41, 5.74) is 1.32. The normalized spacial score (nSPS) is 13.8. The van der Waals surface area contributed by atoms with Crippen molar-refractivity contribution >= 4 is 5.97 Å². The van der Waals surface area contributed by atoms with Gasteiger partial charge in [0.25, 0.3) is 0 Å². The van der Waals surface area contributed by atoms with Gasteiger partial charge in [-0.3, -0.25) is 0 Å². The number of hydrogen-bond donors (Lipinski definition) is 2. The van der Waals surface area contributed by atoms with Crippen LogP contribution < -0.4 is 4.74 Å². The monoisotopic (exact) mass is 451 g/mol. The van der Waals surface area contributed by atoms with E-state index in [0.29, 0.717) is 23.6 Å². The van der Waals surface area contributed by atoms with Crippen molar-refractivity contribution in [1.82, 2.24) is 4.98 Å². The van der Waals surface area contributed by atoms with E-state index < -0.39 is 17.7 Å². The smallest absolute Gasteiger partial charge is 0.335 e. The highest BCUT2D eigenvalue weighted by Gasteiger charge is 2.46. The van der Waals surface area contributed by atoms with E-state index in [4.69, 9.17) is 14.2 Å². The summed E-state index contributed by atoms with van der Waals surface area (Å²) in [6.45, 7) is 2.35. The van der Waals surface area contributed by atoms with Gasteiger partial charge in [0, 0.05) is 11.8 Å². The number of nitrogens with zero attached hydrogens (tertiary/aromatic N) is 1. The average Bonchev–Trinajstić information content (AvgIpc) is 2.86. The van der Waals surface area contributed by atoms with Gasteiger partial charge in [-0.2, -0.15) is 0 Å². The molecule has 0 aliphatic rings. The van der Waals surface area contributed by atoms with Crippen molar-refractivity contribution in [2.75, 3.05) is 7.11 Å². The number of benzene rings is 2. The molecule has 0 radical (unpaired) electrons. The van der Waals surface area contributed by atoms with E-state index in [1.807, 2.05) is 60.7 Å². The van der Waals surface area contributed by atoms with Crippen molar-refractivity contribution in [3.8, 4) is 5.88 Å². The van der Waals surface area contributed by atoms with Crippen LogP contribution in [0, 0.1) is 0 Å². The fourth-order valence-electron chi connectivity index (χ4n) is 3.81. The Bertz CT molecular complexity index is 1030. The van der Waals surface area contributed by atoms with Crippen LogP contribution in [0.3, 0.4) is 0 Å². The third-order valence-corrected chi connectivity index (χ3v) is 5.56. The number of carbonyl (C=O) groups is 1. The van der Waals surface area contributed by atoms with Crippen LogP contribution in [0.15, 0.2) is 72.9 Å². The Morgan fingerprint density at radius 2 is 1.58 bits per heavy atom. The minimum Gasteiger partial charge on any atom is -0.481 e. The third kappa shape index (κ3) is 5.76. The Morgan fingerprint density at radius 3 is 2.12 bits per heavy atom. The minimum atomic E-state index is -1.81. The molecule has 0 fully saturated rings. The highest BCUT2D eigenvalue weighted by Crippen LogP contribution is 2.39. The first-order chi connectivity index (χ1) is 16.0. The maximum absolute atomic E-state index is 11.9. The minimum absolute atomic E-state index is 0.101. The maximum Gasteiger partial charge on any atom is 0.335 e. The van der Waals surface area contributed by atoms with E-state index >= 15 is 0 Å². The molecule has 0 bridgehead atoms. The van der Waals surface area contributed by atoms with Gasteiger partial charge in [-0.15, -0.1) is 0 Å². The molecule has 2 unspecified atom stereocenters. The van der Waals surface area contributed by atoms with Crippen LogP contribution >= 0.6 is 0 Å². The highest BCUT2D eigenvalue weighted by molar-refractivity contribution is 5.74. The Balaban J connectivity index is 1.98. The van der Waals surface area contributed by atoms with Crippen molar-refractivity contribution in [3.05, 3.63) is 95.2 Å². The number of aliphatic carboxylic acids is 1. The molecule has 3 aromatic rings. The predicted molar refractivity (Wildman–Crippen MR) is 123 cm³/mol. The van der Waals surface area contributed by atoms with Gasteiger partial charge in [-0.25, -0.2) is 9.78 Å². The van der Waals surface area contributed by atoms with Gasteiger partial charge in [0.2, 0.25) is 5.88 Å². The van der Waals surface area contributed by atoms with Crippen molar-refractivity contribution in [2.45, 2.75) is 44.9 Å². The van der Waals surface area contributed by atoms with Crippen LogP contribution in [-0.2, 0) is 39.7 Å². The molecule has 2 aromatic carbocycles. The van der Waals surface area contributed by atoms with E-state index in [9.17, 15) is 15.0 Å². The summed E-state index contributed by atoms with van der Waals surface area (Å²) < 4.78 is 17.6. The van der Waals surface area contributed by atoms with Gasteiger partial charge in [0.1, 0.15) is 5.60 Å². The summed E-state index contributed by atoms with van der Waals surface area (Å²) in [4.78, 5) is 16.2. The molecule has 0 aliphatic carbocycles. The molecule has 0 saturated heterocycles. The van der Waals surface area contributed by atoms with Gasteiger partial charge in [-0.1, -0.05) is 67.6 Å². The number of aliphatic hydroxyl groups excluding tert-OH is 1. The van der Waals surface area contributed by atoms with Gasteiger partial charge in [0.15, 0.2) is 6.10 Å². The molecule has 7 heteroatoms. The summed E-state index contributed by atoms with van der Waals surface area (Å²) in [6, 6.07) is 20.7. The van der Waals surface area contributed by atoms with Crippen LogP contribution in [0.1, 0.15) is 35.6 Å². The topological polar surface area (TPSA) is 98.1 Å². The lowest BCUT2D eigenvalue weighted by molar-refractivity contribution is -0.179. The number of hydrogen-bond acceptors (Lipinski definition) is 6. The Labute approximate surface area is 193 Å². The number of pyridine rings is 1. The van der Waals surface area contributed by atoms with Crippen molar-refractivity contribution < 1.29 is 29.2 Å². The summed E-state index contributed by atoms with van der Waals surface area (Å²) in [6.07, 6.45) is -0.0996. The molecule has 7 nitrogen and oxygen atoms in total. The zero-order chi connectivity index (χ0) is 23.7. The van der Waals surface area contributed by atoms with Gasteiger partial charge < -0.3 is 24.4 Å². The Kier molecular flexibility index (Phi) is 8.54. The lowest BCUT2D eigenvalue weighted by Crippen LogP contribution is -2.47. The lowest BCUT2D eigenvalue weighted by atomic mass is 9.83. The van der Waals surface area contributed by atoms with Crippen LogP contribution in [0.5, 0.6) is 5.88 Å². The van der Waals surface area contributed by atoms with Crippen LogP contribution in [0.25, 0.3) is 0 Å². The molecule has 174 valence electrons. The van der Waals surface area contributed by atoms with E-state index in [-0.39, 0.29) is 19.6 Å². The fraction of sp³-hybridized carbons (Fsp3) is 0.308. The van der Waals surface area contributed by atoms with Crippen molar-refractivity contribution in [2.24, 2.45) is 0 Å². The number of rotatable bonds is 12. The zero-order valence-corrected chi connectivity index (χ0v) is 18.8. The van der Waals surface area contributed by atoms with Gasteiger partial charge >= 0.3 is 5.97 Å². The molecule has 0 saturated carbocycles. The second-order valence-electron chi connectivity index (χ2n) is 7.58. The summed E-state index contributed by atoms with van der Waals surface area (Å²) >= 11 is 0. The van der Waals surface area contributed by atoms with E-state index in [1.54, 1.807) is 13.0 Å². The molecule has 3 rings (SSSR count). The molecule has 0 aliphatic heterocycles. The first-order valence-electron chi connectivity index (χ1n) is 10.7. The average molecular weight is 452 g/mol. The van der Waals surface area contributed by atoms with Crippen LogP contribution in [0.4, 0.5) is 0 Å². The first kappa shape index (κ1) is 24.4. The number of aliphatic hydroxyl groups is 1. The van der Waals surface area contributed by atoms with E-state index in [2.05, 4.69) is 4.98 Å². The SMILES string of the molecule is CCC(OCc1ccccc1)(c1ccnc(OC)c1COCc1ccccc1)C(O)C(=O)O. The number of aromatic nitrogens is 1. The molecular weight excluding hydrogens is 422 g/mol. The number of carboxylic acid groups (broad SMARTS) is 1. The molecule has 0 spiro atoms. The second-order valence-corrected chi connectivity index (χ2v) is 7.58. The number of ether oxygens (including phenoxy) is 3. The third-order valence-electron chi connectivity index (χ3n) is 5.56. The molecule has 33 heavy (non-hydrogen) atoms. The zero-order valence-electron chi connectivity index (χ0n) is 18.8. The molecule has 2 N–H and O–H groups in total. The first-order valence-corrected chi connectivity index (χ1v) is 10.7. The Hall–Kier alpha value is -3.26. The number of carboxylic acids is 1. The summed E-state index contributed by atoms with van der Waals surface area (Å²) in [5, 5.41) is 20.6. The Morgan fingerprint density at radius 1 is 0.970 bits per heavy atom. The largest absolute Gasteiger partial charge is 0.481 e. The van der Waals surface area contributed by atoms with E-state index in [0.717, 1.165) is 11.1 Å². The summed E-state index contributed by atoms with van der Waals surface area (Å²) in [5.74, 6) is -1.09. The molecule has 2 atom stereocenters. The molecule has 1 aromatic heterocycles. The lowest BCUT2D eigenvalue weighted by Gasteiger charge is -2.37. The molecular formula is C26H29NO6. The van der Waals surface area contributed by atoms with Gasteiger partial charge in [-0.05, 0) is 29.2 Å². The van der Waals surface area contributed by atoms with E-state index in [1.165, 1.54) is 13.3 Å². The predicted octanol–water partition coefficient (Wildman–Crippen LogP) is 4.07. The number of methoxy groups -OCH3 is 1. The maximum atomic E-state index is 11.9. The highest BCUT2D eigenvalue weighted by atomic mass is 16.5. The quantitative estimate of drug-likeness (QED) is 0.428. The van der Waals surface area contributed by atoms with Crippen LogP contribution in [0.2, 0.25) is 0 Å². The fourth-order valence-corrected chi connectivity index (χ4v) is 3.81. The standard InChI is InChI=1S/C26H29NO6/c1-3-26(23(28)25(29)30,33-17-20-12-8-5-9-13-20)22-14-15-27-24(31-2)21(22)18-32-16-19-10-6-4-7-11-19/h4-15,23,28H,3,16-18H2,1-2H3,(H,29,30). The second kappa shape index (κ2) is 11.6. The molecule has 0 amide bonds. The molecule has 1 heterocycles.